The number of rotatable bonds is 4. The molecule has 0 spiro atoms. The highest BCUT2D eigenvalue weighted by molar-refractivity contribution is 5.82. The molecule has 2 unspecified atom stereocenters. The Bertz CT molecular complexity index is 735. The molecule has 6 heteroatoms. The molecule has 1 saturated heterocycles. The van der Waals surface area contributed by atoms with Gasteiger partial charge >= 0.3 is 0 Å². The predicted molar refractivity (Wildman–Crippen MR) is 89.1 cm³/mol. The van der Waals surface area contributed by atoms with Crippen LogP contribution in [-0.2, 0) is 17.8 Å². The van der Waals surface area contributed by atoms with Gasteiger partial charge in [0, 0.05) is 31.4 Å². The number of carbonyl (C=O) groups is 1. The lowest BCUT2D eigenvalue weighted by molar-refractivity contribution is -0.123. The fraction of sp³-hybridized carbons (Fsp3) is 0.333. The van der Waals surface area contributed by atoms with Crippen LogP contribution in [0.2, 0.25) is 0 Å². The number of aromatic nitrogens is 1. The third kappa shape index (κ3) is 3.11. The molecule has 2 aliphatic heterocycles. The number of pyridine rings is 1. The maximum Gasteiger partial charge on any atom is 0.238 e. The highest BCUT2D eigenvalue weighted by Crippen LogP contribution is 2.30. The van der Waals surface area contributed by atoms with Crippen LogP contribution in [0.1, 0.15) is 29.2 Å². The number of nitrogens with zero attached hydrogens (tertiary/aromatic N) is 1. The quantitative estimate of drug-likeness (QED) is 0.789. The number of ether oxygens (including phenoxy) is 1. The minimum absolute atomic E-state index is 0.00584. The number of hydrogen-bond acceptors (Lipinski definition) is 5. The first-order chi connectivity index (χ1) is 11.8. The Balaban J connectivity index is 1.35. The third-order valence-electron chi connectivity index (χ3n) is 4.55. The molecule has 2 aromatic rings. The van der Waals surface area contributed by atoms with Crippen LogP contribution < -0.4 is 20.9 Å². The van der Waals surface area contributed by atoms with Crippen LogP contribution in [0.15, 0.2) is 42.7 Å². The van der Waals surface area contributed by atoms with Crippen LogP contribution in [0.25, 0.3) is 0 Å². The van der Waals surface area contributed by atoms with E-state index in [9.17, 15) is 4.79 Å². The van der Waals surface area contributed by atoms with Crippen LogP contribution in [0.4, 0.5) is 0 Å². The molecule has 3 N–H and O–H groups in total. The lowest BCUT2D eigenvalue weighted by atomic mass is 9.99. The summed E-state index contributed by atoms with van der Waals surface area (Å²) in [6.45, 7) is 1.27. The van der Waals surface area contributed by atoms with Crippen molar-refractivity contribution in [3.8, 4) is 5.75 Å². The van der Waals surface area contributed by atoms with Gasteiger partial charge in [-0.1, -0.05) is 12.1 Å². The van der Waals surface area contributed by atoms with Crippen molar-refractivity contribution in [2.24, 2.45) is 0 Å². The number of amides is 1. The smallest absolute Gasteiger partial charge is 0.238 e. The van der Waals surface area contributed by atoms with E-state index in [4.69, 9.17) is 4.74 Å². The van der Waals surface area contributed by atoms with E-state index >= 15 is 0 Å². The van der Waals surface area contributed by atoms with Crippen molar-refractivity contribution in [3.05, 3.63) is 59.4 Å². The summed E-state index contributed by atoms with van der Waals surface area (Å²) in [5, 5.41) is 2.97. The molecule has 1 fully saturated rings. The highest BCUT2D eigenvalue weighted by atomic mass is 16.5. The summed E-state index contributed by atoms with van der Waals surface area (Å²) in [5.41, 5.74) is 9.82. The molecule has 0 aliphatic carbocycles. The van der Waals surface area contributed by atoms with E-state index in [1.165, 1.54) is 11.1 Å². The standard InChI is InChI=1S/C18H20N4O2/c23-18(20-11-12-3-6-19-7-4-12)16-10-15(21-22-16)13-1-2-17-14(9-13)5-8-24-17/h1-4,6-7,9,15-16,21-22H,5,8,10-11H2,(H,20,23). The molecule has 4 rings (SSSR count). The summed E-state index contributed by atoms with van der Waals surface area (Å²) in [6, 6.07) is 9.97. The molecule has 1 aromatic carbocycles. The number of hydrogen-bond donors (Lipinski definition) is 3. The molecule has 0 saturated carbocycles. The van der Waals surface area contributed by atoms with Crippen LogP contribution in [0.5, 0.6) is 5.75 Å². The topological polar surface area (TPSA) is 75.3 Å². The van der Waals surface area contributed by atoms with Crippen molar-refractivity contribution in [2.75, 3.05) is 6.61 Å². The summed E-state index contributed by atoms with van der Waals surface area (Å²) in [4.78, 5) is 16.3. The zero-order valence-electron chi connectivity index (χ0n) is 13.3. The van der Waals surface area contributed by atoms with Gasteiger partial charge < -0.3 is 10.1 Å². The Morgan fingerprint density at radius 2 is 2.12 bits per heavy atom. The number of hydrazine groups is 1. The van der Waals surface area contributed by atoms with E-state index in [2.05, 4.69) is 33.3 Å². The van der Waals surface area contributed by atoms with E-state index in [0.717, 1.165) is 30.8 Å². The second-order valence-electron chi connectivity index (χ2n) is 6.17. The molecule has 0 radical (unpaired) electrons. The predicted octanol–water partition coefficient (Wildman–Crippen LogP) is 1.24. The number of nitrogens with one attached hydrogen (secondary N) is 3. The molecule has 124 valence electrons. The van der Waals surface area contributed by atoms with Gasteiger partial charge in [-0.05, 0) is 41.3 Å². The van der Waals surface area contributed by atoms with Crippen LogP contribution in [0.3, 0.4) is 0 Å². The summed E-state index contributed by atoms with van der Waals surface area (Å²) < 4.78 is 5.54. The average Bonchev–Trinajstić information content (AvgIpc) is 3.29. The van der Waals surface area contributed by atoms with E-state index in [1.54, 1.807) is 12.4 Å². The molecular formula is C18H20N4O2. The normalized spacial score (nSPS) is 22.0. The Morgan fingerprint density at radius 3 is 3.00 bits per heavy atom. The Hall–Kier alpha value is -2.44. The molecule has 2 atom stereocenters. The average molecular weight is 324 g/mol. The van der Waals surface area contributed by atoms with Crippen LogP contribution in [-0.4, -0.2) is 23.5 Å². The molecule has 6 nitrogen and oxygen atoms in total. The van der Waals surface area contributed by atoms with Gasteiger partial charge in [-0.3, -0.25) is 9.78 Å². The molecule has 3 heterocycles. The first kappa shape index (κ1) is 15.1. The number of carbonyl (C=O) groups excluding carboxylic acids is 1. The van der Waals surface area contributed by atoms with Crippen LogP contribution >= 0.6 is 0 Å². The van der Waals surface area contributed by atoms with Crippen molar-refractivity contribution in [1.29, 1.82) is 0 Å². The van der Waals surface area contributed by atoms with E-state index in [1.807, 2.05) is 18.2 Å². The van der Waals surface area contributed by atoms with Gasteiger partial charge in [0.25, 0.3) is 0 Å². The molecule has 1 aromatic heterocycles. The summed E-state index contributed by atoms with van der Waals surface area (Å²) in [7, 11) is 0. The van der Waals surface area contributed by atoms with Crippen molar-refractivity contribution in [2.45, 2.75) is 31.5 Å². The van der Waals surface area contributed by atoms with Crippen molar-refractivity contribution in [1.82, 2.24) is 21.2 Å². The second-order valence-corrected chi connectivity index (χ2v) is 6.17. The maximum atomic E-state index is 12.3. The van der Waals surface area contributed by atoms with Gasteiger partial charge in [0.15, 0.2) is 0 Å². The minimum Gasteiger partial charge on any atom is -0.493 e. The molecule has 24 heavy (non-hydrogen) atoms. The Kier molecular flexibility index (Phi) is 4.15. The van der Waals surface area contributed by atoms with Gasteiger partial charge in [0.2, 0.25) is 5.91 Å². The first-order valence-electron chi connectivity index (χ1n) is 8.23. The molecule has 2 aliphatic rings. The maximum absolute atomic E-state index is 12.3. The minimum atomic E-state index is -0.235. The SMILES string of the molecule is O=C(NCc1ccncc1)C1CC(c2ccc3c(c2)CCO3)NN1. The molecule has 0 bridgehead atoms. The Morgan fingerprint density at radius 1 is 1.25 bits per heavy atom. The zero-order valence-corrected chi connectivity index (χ0v) is 13.3. The summed E-state index contributed by atoms with van der Waals surface area (Å²) in [5.74, 6) is 0.989. The van der Waals surface area contributed by atoms with E-state index in [0.29, 0.717) is 6.54 Å². The second kappa shape index (κ2) is 6.59. The van der Waals surface area contributed by atoms with Crippen molar-refractivity contribution >= 4 is 5.91 Å². The van der Waals surface area contributed by atoms with Crippen molar-refractivity contribution in [3.63, 3.8) is 0 Å². The van der Waals surface area contributed by atoms with Gasteiger partial charge in [-0.2, -0.15) is 0 Å². The van der Waals surface area contributed by atoms with Gasteiger partial charge in [0.1, 0.15) is 11.8 Å². The van der Waals surface area contributed by atoms with Gasteiger partial charge in [-0.25, -0.2) is 10.9 Å². The molecule has 1 amide bonds. The van der Waals surface area contributed by atoms with E-state index in [-0.39, 0.29) is 18.0 Å². The third-order valence-corrected chi connectivity index (χ3v) is 4.55. The van der Waals surface area contributed by atoms with Gasteiger partial charge in [0.05, 0.1) is 6.61 Å². The zero-order chi connectivity index (χ0) is 16.4. The highest BCUT2D eigenvalue weighted by Gasteiger charge is 2.30. The number of fused-ring (bicyclic) bond motifs is 1. The first-order valence-corrected chi connectivity index (χ1v) is 8.23. The fourth-order valence-electron chi connectivity index (χ4n) is 3.18. The van der Waals surface area contributed by atoms with Crippen LogP contribution in [0, 0.1) is 0 Å². The fourth-order valence-corrected chi connectivity index (χ4v) is 3.18. The molecular weight excluding hydrogens is 304 g/mol. The summed E-state index contributed by atoms with van der Waals surface area (Å²) >= 11 is 0. The lowest BCUT2D eigenvalue weighted by Gasteiger charge is -2.11. The Labute approximate surface area is 140 Å². The largest absolute Gasteiger partial charge is 0.493 e. The monoisotopic (exact) mass is 324 g/mol. The lowest BCUT2D eigenvalue weighted by Crippen LogP contribution is -2.42. The van der Waals surface area contributed by atoms with Gasteiger partial charge in [-0.15, -0.1) is 0 Å². The summed E-state index contributed by atoms with van der Waals surface area (Å²) in [6.07, 6.45) is 5.13. The van der Waals surface area contributed by atoms with E-state index < -0.39 is 0 Å². The number of benzene rings is 1. The van der Waals surface area contributed by atoms with Crippen molar-refractivity contribution < 1.29 is 9.53 Å².